The SMILES string of the molecule is c1ccc(-c2ccccc2N(c2ccc3c(c2)-c2ccccc2C32c3ccccc3-c3ccccc32)c2ccc3c(c2)C2(c4ccccc4-3)c3ccc4ccccc4c3Oc3c2ccc2ccccc32)cc1. The first-order chi connectivity index (χ1) is 35.7. The Labute approximate surface area is 418 Å². The summed E-state index contributed by atoms with van der Waals surface area (Å²) in [6, 6.07) is 97.2. The molecule has 334 valence electrons. The van der Waals surface area contributed by atoms with Gasteiger partial charge in [-0.25, -0.2) is 0 Å². The third-order valence-electron chi connectivity index (χ3n) is 16.5. The van der Waals surface area contributed by atoms with Crippen LogP contribution in [0, 0.1) is 0 Å². The van der Waals surface area contributed by atoms with Gasteiger partial charge in [-0.1, -0.05) is 231 Å². The van der Waals surface area contributed by atoms with Crippen molar-refractivity contribution in [3.05, 3.63) is 305 Å². The van der Waals surface area contributed by atoms with Gasteiger partial charge in [0.25, 0.3) is 0 Å². The number of hydrogen-bond acceptors (Lipinski definition) is 2. The standard InChI is InChI=1S/C70H43NO/c1-2-18-44(19-3-1)49-22-12-17-33-66(49)71(47-37-41-62-57(42-47)55-28-11-16-32-61(55)69(62)58-29-13-8-25-52(58)53-26-9-14-30-59(53)69)48-36-38-56-54-27-10-15-31-60(54)70(65(56)43-48)63-39-34-45-20-4-6-23-50(45)67(63)72-68-51-24-7-5-21-46(51)35-40-64(68)70/h1-43H. The number of para-hydroxylation sites is 1. The molecule has 0 atom stereocenters. The molecule has 0 saturated carbocycles. The largest absolute Gasteiger partial charge is 0.455 e. The van der Waals surface area contributed by atoms with Gasteiger partial charge in [-0.05, 0) is 113 Å². The van der Waals surface area contributed by atoms with Crippen LogP contribution in [0.25, 0.3) is 66.1 Å². The van der Waals surface area contributed by atoms with Crippen LogP contribution in [0.2, 0.25) is 0 Å². The Morgan fingerprint density at radius 2 is 0.667 bits per heavy atom. The third-order valence-corrected chi connectivity index (χ3v) is 16.5. The van der Waals surface area contributed by atoms with Crippen molar-refractivity contribution in [1.82, 2.24) is 0 Å². The Hall–Kier alpha value is -9.24. The van der Waals surface area contributed by atoms with Crippen LogP contribution in [0.4, 0.5) is 17.1 Å². The topological polar surface area (TPSA) is 12.5 Å². The van der Waals surface area contributed by atoms with Gasteiger partial charge >= 0.3 is 0 Å². The number of nitrogens with zero attached hydrogens (tertiary/aromatic N) is 1. The second-order valence-corrected chi connectivity index (χ2v) is 19.8. The van der Waals surface area contributed by atoms with E-state index in [1.165, 1.54) is 72.3 Å². The maximum atomic E-state index is 7.35. The smallest absolute Gasteiger partial charge is 0.140 e. The lowest BCUT2D eigenvalue weighted by Gasteiger charge is -2.40. The van der Waals surface area contributed by atoms with Crippen LogP contribution in [0.3, 0.4) is 0 Å². The summed E-state index contributed by atoms with van der Waals surface area (Å²) in [4.78, 5) is 2.52. The van der Waals surface area contributed by atoms with Crippen LogP contribution in [0.15, 0.2) is 261 Å². The summed E-state index contributed by atoms with van der Waals surface area (Å²) in [6.45, 7) is 0. The summed E-state index contributed by atoms with van der Waals surface area (Å²) in [7, 11) is 0. The molecule has 2 nitrogen and oxygen atoms in total. The summed E-state index contributed by atoms with van der Waals surface area (Å²) < 4.78 is 7.35. The molecule has 0 unspecified atom stereocenters. The Morgan fingerprint density at radius 3 is 1.25 bits per heavy atom. The predicted molar refractivity (Wildman–Crippen MR) is 295 cm³/mol. The number of anilines is 3. The summed E-state index contributed by atoms with van der Waals surface area (Å²) in [5.74, 6) is 1.83. The molecule has 0 radical (unpaired) electrons. The molecule has 16 rings (SSSR count). The third kappa shape index (κ3) is 5.03. The second-order valence-electron chi connectivity index (χ2n) is 19.8. The van der Waals surface area contributed by atoms with Gasteiger partial charge in [0.05, 0.1) is 16.5 Å². The second kappa shape index (κ2) is 14.6. The molecule has 0 N–H and O–H groups in total. The molecule has 3 aliphatic carbocycles. The van der Waals surface area contributed by atoms with Crippen LogP contribution in [0.1, 0.15) is 44.5 Å². The van der Waals surface area contributed by atoms with E-state index in [0.717, 1.165) is 66.8 Å². The first kappa shape index (κ1) is 39.6. The van der Waals surface area contributed by atoms with Crippen molar-refractivity contribution in [2.75, 3.05) is 4.90 Å². The van der Waals surface area contributed by atoms with Crippen molar-refractivity contribution < 1.29 is 4.74 Å². The number of benzene rings is 12. The number of hydrogen-bond donors (Lipinski definition) is 0. The van der Waals surface area contributed by atoms with Crippen LogP contribution < -0.4 is 9.64 Å². The van der Waals surface area contributed by atoms with E-state index in [9.17, 15) is 0 Å². The van der Waals surface area contributed by atoms with Crippen LogP contribution >= 0.6 is 0 Å². The first-order valence-corrected chi connectivity index (χ1v) is 25.1. The van der Waals surface area contributed by atoms with E-state index in [-0.39, 0.29) is 0 Å². The van der Waals surface area contributed by atoms with Crippen molar-refractivity contribution in [3.8, 4) is 56.0 Å². The molecule has 12 aromatic carbocycles. The highest BCUT2D eigenvalue weighted by Gasteiger charge is 2.53. The quantitative estimate of drug-likeness (QED) is 0.174. The highest BCUT2D eigenvalue weighted by atomic mass is 16.5. The average Bonchev–Trinajstić information content (AvgIpc) is 4.03. The molecular weight excluding hydrogens is 871 g/mol. The van der Waals surface area contributed by atoms with Gasteiger partial charge in [0.15, 0.2) is 0 Å². The zero-order valence-corrected chi connectivity index (χ0v) is 39.2. The van der Waals surface area contributed by atoms with Crippen LogP contribution in [0.5, 0.6) is 11.5 Å². The lowest BCUT2D eigenvalue weighted by Crippen LogP contribution is -2.32. The molecule has 1 heterocycles. The lowest BCUT2D eigenvalue weighted by atomic mass is 9.65. The van der Waals surface area contributed by atoms with Gasteiger partial charge in [0.2, 0.25) is 0 Å². The van der Waals surface area contributed by atoms with E-state index in [0.29, 0.717) is 0 Å². The Kier molecular flexibility index (Phi) is 8.05. The van der Waals surface area contributed by atoms with Crippen molar-refractivity contribution >= 4 is 38.6 Å². The fourth-order valence-corrected chi connectivity index (χ4v) is 13.7. The van der Waals surface area contributed by atoms with E-state index in [4.69, 9.17) is 4.74 Å². The predicted octanol–water partition coefficient (Wildman–Crippen LogP) is 17.9. The molecular formula is C70H43NO. The monoisotopic (exact) mass is 913 g/mol. The van der Waals surface area contributed by atoms with Gasteiger partial charge in [0, 0.05) is 38.8 Å². The average molecular weight is 914 g/mol. The molecule has 0 saturated heterocycles. The minimum atomic E-state index is -0.698. The molecule has 72 heavy (non-hydrogen) atoms. The zero-order valence-electron chi connectivity index (χ0n) is 39.2. The maximum Gasteiger partial charge on any atom is 0.140 e. The maximum absolute atomic E-state index is 7.35. The van der Waals surface area contributed by atoms with Gasteiger partial charge in [-0.2, -0.15) is 0 Å². The van der Waals surface area contributed by atoms with E-state index in [2.05, 4.69) is 266 Å². The Morgan fingerprint density at radius 1 is 0.264 bits per heavy atom. The fourth-order valence-electron chi connectivity index (χ4n) is 13.7. The molecule has 12 aromatic rings. The van der Waals surface area contributed by atoms with Crippen molar-refractivity contribution in [2.24, 2.45) is 0 Å². The number of rotatable bonds is 4. The van der Waals surface area contributed by atoms with Crippen LogP contribution in [-0.4, -0.2) is 0 Å². The van der Waals surface area contributed by atoms with Gasteiger partial charge in [0.1, 0.15) is 11.5 Å². The van der Waals surface area contributed by atoms with Gasteiger partial charge in [-0.3, -0.25) is 0 Å². The highest BCUT2D eigenvalue weighted by Crippen LogP contribution is 2.66. The minimum Gasteiger partial charge on any atom is -0.455 e. The molecule has 2 spiro atoms. The van der Waals surface area contributed by atoms with Gasteiger partial charge < -0.3 is 9.64 Å². The lowest BCUT2D eigenvalue weighted by molar-refractivity contribution is 0.447. The Balaban J connectivity index is 0.990. The van der Waals surface area contributed by atoms with Gasteiger partial charge in [-0.15, -0.1) is 0 Å². The molecule has 0 fully saturated rings. The summed E-state index contributed by atoms with van der Waals surface area (Å²) in [5, 5.41) is 4.53. The normalized spacial score (nSPS) is 14.2. The molecule has 1 aliphatic heterocycles. The molecule has 0 aromatic heterocycles. The molecule has 0 amide bonds. The number of fused-ring (bicyclic) bond motifs is 23. The Bertz CT molecular complexity index is 4150. The van der Waals surface area contributed by atoms with Crippen LogP contribution in [-0.2, 0) is 10.8 Å². The van der Waals surface area contributed by atoms with E-state index in [1.54, 1.807) is 0 Å². The highest BCUT2D eigenvalue weighted by molar-refractivity contribution is 6.02. The van der Waals surface area contributed by atoms with Crippen molar-refractivity contribution in [3.63, 3.8) is 0 Å². The zero-order chi connectivity index (χ0) is 47.1. The fraction of sp³-hybridized carbons (Fsp3) is 0.0286. The molecule has 4 aliphatic rings. The van der Waals surface area contributed by atoms with E-state index >= 15 is 0 Å². The van der Waals surface area contributed by atoms with E-state index < -0.39 is 10.8 Å². The summed E-state index contributed by atoms with van der Waals surface area (Å²) in [5.41, 5.74) is 22.2. The summed E-state index contributed by atoms with van der Waals surface area (Å²) in [6.07, 6.45) is 0. The van der Waals surface area contributed by atoms with Crippen molar-refractivity contribution in [2.45, 2.75) is 10.8 Å². The van der Waals surface area contributed by atoms with E-state index in [1.807, 2.05) is 0 Å². The minimum absolute atomic E-state index is 0.436. The summed E-state index contributed by atoms with van der Waals surface area (Å²) >= 11 is 0. The number of ether oxygens (including phenoxy) is 1. The molecule has 2 heteroatoms. The first-order valence-electron chi connectivity index (χ1n) is 25.1. The van der Waals surface area contributed by atoms with Crippen molar-refractivity contribution in [1.29, 1.82) is 0 Å². The molecule has 0 bridgehead atoms.